The fraction of sp³-hybridized carbons (Fsp3) is 0.526. The molecule has 2 aromatic rings. The lowest BCUT2D eigenvalue weighted by atomic mass is 10.1. The molecule has 7 heteroatoms. The average molecular weight is 361 g/mol. The Hall–Kier alpha value is -2.57. The fourth-order valence-corrected chi connectivity index (χ4v) is 2.69. The van der Waals surface area contributed by atoms with Crippen molar-refractivity contribution in [3.8, 4) is 0 Å². The van der Waals surface area contributed by atoms with Gasteiger partial charge >= 0.3 is 5.97 Å². The van der Waals surface area contributed by atoms with Crippen molar-refractivity contribution in [3.05, 3.63) is 41.1 Å². The summed E-state index contributed by atoms with van der Waals surface area (Å²) >= 11 is 0. The van der Waals surface area contributed by atoms with Crippen LogP contribution in [0, 0.1) is 19.8 Å². The van der Waals surface area contributed by atoms with E-state index in [-0.39, 0.29) is 18.9 Å². The summed E-state index contributed by atoms with van der Waals surface area (Å²) in [5, 5.41) is 4.49. The molecule has 0 N–H and O–H groups in total. The van der Waals surface area contributed by atoms with Crippen LogP contribution in [0.3, 0.4) is 0 Å². The van der Waals surface area contributed by atoms with E-state index in [9.17, 15) is 9.59 Å². The molecule has 0 spiro atoms. The number of carbonyl (C=O) groups is 2. The van der Waals surface area contributed by atoms with Crippen LogP contribution in [0.4, 0.5) is 0 Å². The molecule has 1 amide bonds. The first-order valence-electron chi connectivity index (χ1n) is 8.72. The van der Waals surface area contributed by atoms with E-state index >= 15 is 0 Å². The molecule has 0 fully saturated rings. The Bertz CT molecular complexity index is 747. The lowest BCUT2D eigenvalue weighted by Crippen LogP contribution is -2.31. The van der Waals surface area contributed by atoms with E-state index in [1.807, 2.05) is 18.5 Å². The van der Waals surface area contributed by atoms with Crippen LogP contribution in [-0.2, 0) is 33.8 Å². The minimum Gasteiger partial charge on any atom is -0.467 e. The van der Waals surface area contributed by atoms with Gasteiger partial charge in [0.1, 0.15) is 5.76 Å². The molecule has 0 unspecified atom stereocenters. The number of nitrogens with zero attached hydrogens (tertiary/aromatic N) is 3. The summed E-state index contributed by atoms with van der Waals surface area (Å²) in [7, 11) is 1.64. The Morgan fingerprint density at radius 3 is 2.69 bits per heavy atom. The zero-order valence-corrected chi connectivity index (χ0v) is 16.1. The Labute approximate surface area is 153 Å². The zero-order chi connectivity index (χ0) is 19.3. The van der Waals surface area contributed by atoms with E-state index in [0.717, 1.165) is 23.5 Å². The smallest absolute Gasteiger partial charge is 0.310 e. The highest BCUT2D eigenvalue weighted by molar-refractivity contribution is 5.81. The molecule has 0 saturated carbocycles. The number of likely N-dealkylation sites (N-methyl/N-ethyl adjacent to an activating group) is 1. The van der Waals surface area contributed by atoms with Crippen molar-refractivity contribution < 1.29 is 18.7 Å². The molecule has 0 saturated heterocycles. The number of esters is 1. The second-order valence-electron chi connectivity index (χ2n) is 6.89. The van der Waals surface area contributed by atoms with Gasteiger partial charge in [-0.25, -0.2) is 0 Å². The van der Waals surface area contributed by atoms with E-state index < -0.39 is 5.97 Å². The van der Waals surface area contributed by atoms with Crippen molar-refractivity contribution >= 4 is 11.9 Å². The Morgan fingerprint density at radius 2 is 2.08 bits per heavy atom. The van der Waals surface area contributed by atoms with E-state index in [2.05, 4.69) is 18.9 Å². The highest BCUT2D eigenvalue weighted by Crippen LogP contribution is 2.16. The number of aryl methyl sites for hydroxylation is 1. The number of ether oxygens (including phenoxy) is 1. The van der Waals surface area contributed by atoms with Crippen LogP contribution < -0.4 is 0 Å². The number of amides is 1. The van der Waals surface area contributed by atoms with Crippen molar-refractivity contribution in [3.63, 3.8) is 0 Å². The van der Waals surface area contributed by atoms with Crippen molar-refractivity contribution in [2.45, 2.75) is 47.2 Å². The molecular formula is C19H27N3O4. The summed E-state index contributed by atoms with van der Waals surface area (Å²) < 4.78 is 12.3. The third-order valence-electron chi connectivity index (χ3n) is 4.15. The van der Waals surface area contributed by atoms with E-state index in [4.69, 9.17) is 9.15 Å². The number of hydrogen-bond donors (Lipinski definition) is 0. The van der Waals surface area contributed by atoms with Crippen LogP contribution >= 0.6 is 0 Å². The van der Waals surface area contributed by atoms with Gasteiger partial charge in [0.25, 0.3) is 5.91 Å². The van der Waals surface area contributed by atoms with E-state index in [1.54, 1.807) is 25.4 Å². The molecule has 2 aromatic heterocycles. The molecule has 0 aliphatic heterocycles. The van der Waals surface area contributed by atoms with Crippen molar-refractivity contribution in [2.24, 2.45) is 5.92 Å². The number of hydrogen-bond acceptors (Lipinski definition) is 5. The maximum absolute atomic E-state index is 12.1. The molecule has 0 aliphatic carbocycles. The second kappa shape index (κ2) is 8.69. The first-order chi connectivity index (χ1) is 12.3. The summed E-state index contributed by atoms with van der Waals surface area (Å²) in [5.74, 6) is 0.435. The molecule has 142 valence electrons. The Balaban J connectivity index is 1.87. The highest BCUT2D eigenvalue weighted by atomic mass is 16.5. The second-order valence-corrected chi connectivity index (χ2v) is 6.89. The van der Waals surface area contributed by atoms with Gasteiger partial charge < -0.3 is 14.1 Å². The summed E-state index contributed by atoms with van der Waals surface area (Å²) in [6.07, 6.45) is 1.67. The minimum absolute atomic E-state index is 0.116. The number of rotatable bonds is 8. The van der Waals surface area contributed by atoms with Crippen LogP contribution in [-0.4, -0.2) is 40.2 Å². The van der Waals surface area contributed by atoms with E-state index in [1.165, 1.54) is 4.90 Å². The summed E-state index contributed by atoms with van der Waals surface area (Å²) in [6, 6.07) is 3.55. The topological polar surface area (TPSA) is 77.6 Å². The zero-order valence-electron chi connectivity index (χ0n) is 16.1. The summed E-state index contributed by atoms with van der Waals surface area (Å²) in [4.78, 5) is 25.7. The first kappa shape index (κ1) is 19.8. The van der Waals surface area contributed by atoms with Crippen LogP contribution in [0.25, 0.3) is 0 Å². The van der Waals surface area contributed by atoms with Gasteiger partial charge in [0.15, 0.2) is 6.61 Å². The molecule has 0 aliphatic rings. The lowest BCUT2D eigenvalue weighted by molar-refractivity contribution is -0.151. The Kier molecular flexibility index (Phi) is 6.60. The Morgan fingerprint density at radius 1 is 1.35 bits per heavy atom. The highest BCUT2D eigenvalue weighted by Gasteiger charge is 2.18. The minimum atomic E-state index is -0.431. The quantitative estimate of drug-likeness (QED) is 0.675. The van der Waals surface area contributed by atoms with Crippen LogP contribution in [0.1, 0.15) is 36.6 Å². The van der Waals surface area contributed by atoms with Gasteiger partial charge in [-0.05, 0) is 31.9 Å². The molecule has 26 heavy (non-hydrogen) atoms. The standard InChI is InChI=1S/C19H27N3O4/c1-13(2)10-22-15(4)17(14(3)20-22)9-19(24)26-12-18(23)21(5)11-16-7-6-8-25-16/h6-8,13H,9-12H2,1-5H3. The predicted octanol–water partition coefficient (Wildman–Crippen LogP) is 2.49. The lowest BCUT2D eigenvalue weighted by Gasteiger charge is -2.15. The largest absolute Gasteiger partial charge is 0.467 e. The van der Waals surface area contributed by atoms with Gasteiger partial charge in [0.05, 0.1) is 24.9 Å². The SMILES string of the molecule is Cc1nn(CC(C)C)c(C)c1CC(=O)OCC(=O)N(C)Cc1ccco1. The fourth-order valence-electron chi connectivity index (χ4n) is 2.69. The number of carbonyl (C=O) groups excluding carboxylic acids is 2. The number of aromatic nitrogens is 2. The monoisotopic (exact) mass is 361 g/mol. The van der Waals surface area contributed by atoms with Gasteiger partial charge in [-0.15, -0.1) is 0 Å². The number of furan rings is 1. The average Bonchev–Trinajstić information content (AvgIpc) is 3.16. The van der Waals surface area contributed by atoms with Gasteiger partial charge in [0.2, 0.25) is 0 Å². The third-order valence-corrected chi connectivity index (χ3v) is 4.15. The summed E-state index contributed by atoms with van der Waals surface area (Å²) in [6.45, 7) is 8.93. The molecule has 2 rings (SSSR count). The maximum Gasteiger partial charge on any atom is 0.310 e. The molecule has 0 aromatic carbocycles. The normalized spacial score (nSPS) is 11.0. The van der Waals surface area contributed by atoms with Crippen molar-refractivity contribution in [1.29, 1.82) is 0 Å². The maximum atomic E-state index is 12.1. The van der Waals surface area contributed by atoms with Gasteiger partial charge in [0, 0.05) is 24.8 Å². The van der Waals surface area contributed by atoms with Crippen molar-refractivity contribution in [2.75, 3.05) is 13.7 Å². The van der Waals surface area contributed by atoms with Gasteiger partial charge in [-0.1, -0.05) is 13.8 Å². The third kappa shape index (κ3) is 5.21. The molecule has 0 bridgehead atoms. The van der Waals surface area contributed by atoms with E-state index in [0.29, 0.717) is 18.2 Å². The molecule has 0 radical (unpaired) electrons. The van der Waals surface area contributed by atoms with Crippen LogP contribution in [0.5, 0.6) is 0 Å². The molecule has 0 atom stereocenters. The van der Waals surface area contributed by atoms with Crippen molar-refractivity contribution in [1.82, 2.24) is 14.7 Å². The molecule has 7 nitrogen and oxygen atoms in total. The van der Waals surface area contributed by atoms with Crippen LogP contribution in [0.15, 0.2) is 22.8 Å². The van der Waals surface area contributed by atoms with Gasteiger partial charge in [-0.2, -0.15) is 5.10 Å². The molecule has 2 heterocycles. The summed E-state index contributed by atoms with van der Waals surface area (Å²) in [5.41, 5.74) is 2.66. The van der Waals surface area contributed by atoms with Crippen LogP contribution in [0.2, 0.25) is 0 Å². The van der Waals surface area contributed by atoms with Gasteiger partial charge in [-0.3, -0.25) is 14.3 Å². The molecular weight excluding hydrogens is 334 g/mol. The first-order valence-corrected chi connectivity index (χ1v) is 8.72. The predicted molar refractivity (Wildman–Crippen MR) is 96.4 cm³/mol.